The zero-order valence-electron chi connectivity index (χ0n) is 16.9. The van der Waals surface area contributed by atoms with Crippen LogP contribution in [0.3, 0.4) is 0 Å². The molecule has 1 heterocycles. The van der Waals surface area contributed by atoms with Crippen molar-refractivity contribution in [3.63, 3.8) is 0 Å². The van der Waals surface area contributed by atoms with Crippen LogP contribution in [0.25, 0.3) is 10.8 Å². The van der Waals surface area contributed by atoms with Crippen LogP contribution in [-0.4, -0.2) is 34.8 Å². The average molecular weight is 385 g/mol. The molecular formula is C26H28N2O. The smallest absolute Gasteiger partial charge is 0.224 e. The Morgan fingerprint density at radius 1 is 0.931 bits per heavy atom. The predicted molar refractivity (Wildman–Crippen MR) is 118 cm³/mol. The van der Waals surface area contributed by atoms with Crippen LogP contribution in [-0.2, 0) is 24.3 Å². The van der Waals surface area contributed by atoms with E-state index in [1.165, 1.54) is 40.3 Å². The van der Waals surface area contributed by atoms with Gasteiger partial charge in [0, 0.05) is 38.6 Å². The molecule has 5 rings (SSSR count). The molecule has 0 atom stereocenters. The summed E-state index contributed by atoms with van der Waals surface area (Å²) in [6.45, 7) is 3.40. The summed E-state index contributed by atoms with van der Waals surface area (Å²) in [6.07, 6.45) is 4.11. The van der Waals surface area contributed by atoms with Crippen molar-refractivity contribution in [2.45, 2.75) is 44.8 Å². The van der Waals surface area contributed by atoms with Gasteiger partial charge in [-0.25, -0.2) is 0 Å². The minimum atomic E-state index is 0.295. The standard InChI is InChI=1S/C26H28N2O/c29-26(28-16-14-20-6-1-2-8-22(20)18-28)15-17-27(24-12-13-24)19-23-10-5-9-21-7-3-4-11-25(21)23/h1-11,24H,12-19H2. The van der Waals surface area contributed by atoms with E-state index in [9.17, 15) is 4.79 Å². The summed E-state index contributed by atoms with van der Waals surface area (Å²) in [5.41, 5.74) is 4.07. The predicted octanol–water partition coefficient (Wildman–Crippen LogP) is 4.78. The van der Waals surface area contributed by atoms with E-state index in [4.69, 9.17) is 0 Å². The fourth-order valence-electron chi connectivity index (χ4n) is 4.59. The molecule has 3 heteroatoms. The number of amides is 1. The number of benzene rings is 3. The third-order valence-corrected chi connectivity index (χ3v) is 6.41. The summed E-state index contributed by atoms with van der Waals surface area (Å²) in [7, 11) is 0. The molecule has 2 aliphatic rings. The number of carbonyl (C=O) groups excluding carboxylic acids is 1. The second kappa shape index (κ2) is 8.00. The summed E-state index contributed by atoms with van der Waals surface area (Å²) in [4.78, 5) is 17.5. The highest BCUT2D eigenvalue weighted by atomic mass is 16.2. The van der Waals surface area contributed by atoms with E-state index < -0.39 is 0 Å². The third kappa shape index (κ3) is 4.06. The van der Waals surface area contributed by atoms with Crippen molar-refractivity contribution in [1.29, 1.82) is 0 Å². The van der Waals surface area contributed by atoms with Crippen LogP contribution >= 0.6 is 0 Å². The third-order valence-electron chi connectivity index (χ3n) is 6.41. The lowest BCUT2D eigenvalue weighted by atomic mass is 10.00. The van der Waals surface area contributed by atoms with Crippen molar-refractivity contribution < 1.29 is 4.79 Å². The minimum absolute atomic E-state index is 0.295. The lowest BCUT2D eigenvalue weighted by Crippen LogP contribution is -2.38. The van der Waals surface area contributed by atoms with Gasteiger partial charge in [-0.3, -0.25) is 9.69 Å². The van der Waals surface area contributed by atoms with Gasteiger partial charge in [0.1, 0.15) is 0 Å². The number of nitrogens with zero attached hydrogens (tertiary/aromatic N) is 2. The monoisotopic (exact) mass is 384 g/mol. The second-order valence-electron chi connectivity index (χ2n) is 8.42. The van der Waals surface area contributed by atoms with Crippen molar-refractivity contribution in [2.24, 2.45) is 0 Å². The first kappa shape index (κ1) is 18.4. The lowest BCUT2D eigenvalue weighted by molar-refractivity contribution is -0.132. The Balaban J connectivity index is 1.24. The molecule has 0 spiro atoms. The largest absolute Gasteiger partial charge is 0.338 e. The Morgan fingerprint density at radius 3 is 2.55 bits per heavy atom. The molecule has 1 aliphatic carbocycles. The summed E-state index contributed by atoms with van der Waals surface area (Å²) in [5.74, 6) is 0.295. The Morgan fingerprint density at radius 2 is 1.69 bits per heavy atom. The minimum Gasteiger partial charge on any atom is -0.338 e. The Kier molecular flexibility index (Phi) is 5.07. The summed E-state index contributed by atoms with van der Waals surface area (Å²) < 4.78 is 0. The van der Waals surface area contributed by atoms with E-state index in [1.807, 2.05) is 4.90 Å². The highest BCUT2D eigenvalue weighted by Crippen LogP contribution is 2.30. The van der Waals surface area contributed by atoms with Crippen LogP contribution in [0.5, 0.6) is 0 Å². The van der Waals surface area contributed by atoms with Crippen LogP contribution < -0.4 is 0 Å². The molecule has 3 aromatic rings. The van der Waals surface area contributed by atoms with Gasteiger partial charge in [-0.15, -0.1) is 0 Å². The van der Waals surface area contributed by atoms with Crippen molar-refractivity contribution in [1.82, 2.24) is 9.80 Å². The van der Waals surface area contributed by atoms with Gasteiger partial charge in [-0.05, 0) is 46.7 Å². The number of hydrogen-bond donors (Lipinski definition) is 0. The topological polar surface area (TPSA) is 23.6 Å². The van der Waals surface area contributed by atoms with Gasteiger partial charge in [0.2, 0.25) is 5.91 Å². The highest BCUT2D eigenvalue weighted by Gasteiger charge is 2.30. The van der Waals surface area contributed by atoms with Crippen molar-refractivity contribution >= 4 is 16.7 Å². The molecule has 3 aromatic carbocycles. The van der Waals surface area contributed by atoms with Crippen LogP contribution in [0, 0.1) is 0 Å². The van der Waals surface area contributed by atoms with Gasteiger partial charge in [0.25, 0.3) is 0 Å². The highest BCUT2D eigenvalue weighted by molar-refractivity contribution is 5.85. The van der Waals surface area contributed by atoms with Crippen molar-refractivity contribution in [3.8, 4) is 0 Å². The first-order valence-corrected chi connectivity index (χ1v) is 10.8. The van der Waals surface area contributed by atoms with Crippen LogP contribution in [0.4, 0.5) is 0 Å². The fraction of sp³-hybridized carbons (Fsp3) is 0.346. The zero-order chi connectivity index (χ0) is 19.6. The molecule has 0 N–H and O–H groups in total. The number of fused-ring (bicyclic) bond motifs is 2. The molecule has 3 nitrogen and oxygen atoms in total. The summed E-state index contributed by atoms with van der Waals surface area (Å²) in [6, 6.07) is 24.3. The first-order chi connectivity index (χ1) is 14.3. The lowest BCUT2D eigenvalue weighted by Gasteiger charge is -2.30. The maximum absolute atomic E-state index is 12.9. The van der Waals surface area contributed by atoms with Crippen LogP contribution in [0.2, 0.25) is 0 Å². The van der Waals surface area contributed by atoms with Gasteiger partial charge >= 0.3 is 0 Å². The van der Waals surface area contributed by atoms with Gasteiger partial charge < -0.3 is 4.90 Å². The molecule has 1 saturated carbocycles. The van der Waals surface area contributed by atoms with E-state index in [0.717, 1.165) is 32.6 Å². The maximum atomic E-state index is 12.9. The first-order valence-electron chi connectivity index (χ1n) is 10.8. The van der Waals surface area contributed by atoms with E-state index in [-0.39, 0.29) is 0 Å². The molecular weight excluding hydrogens is 356 g/mol. The maximum Gasteiger partial charge on any atom is 0.224 e. The Labute approximate surface area is 172 Å². The van der Waals surface area contributed by atoms with Gasteiger partial charge in [-0.2, -0.15) is 0 Å². The molecule has 1 aliphatic heterocycles. The summed E-state index contributed by atoms with van der Waals surface area (Å²) in [5, 5.41) is 2.63. The van der Waals surface area contributed by atoms with Crippen LogP contribution in [0.1, 0.15) is 36.0 Å². The van der Waals surface area contributed by atoms with Crippen molar-refractivity contribution in [2.75, 3.05) is 13.1 Å². The normalized spacial score (nSPS) is 16.2. The van der Waals surface area contributed by atoms with E-state index in [2.05, 4.69) is 71.6 Å². The van der Waals surface area contributed by atoms with Gasteiger partial charge in [-0.1, -0.05) is 66.7 Å². The second-order valence-corrected chi connectivity index (χ2v) is 8.42. The fourth-order valence-corrected chi connectivity index (χ4v) is 4.59. The molecule has 1 fully saturated rings. The number of carbonyl (C=O) groups is 1. The Hall–Kier alpha value is -2.65. The molecule has 0 saturated heterocycles. The van der Waals surface area contributed by atoms with Crippen LogP contribution in [0.15, 0.2) is 66.7 Å². The molecule has 1 amide bonds. The molecule has 0 bridgehead atoms. The van der Waals surface area contributed by atoms with E-state index >= 15 is 0 Å². The summed E-state index contributed by atoms with van der Waals surface area (Å²) >= 11 is 0. The molecule has 29 heavy (non-hydrogen) atoms. The number of rotatable bonds is 6. The molecule has 0 aromatic heterocycles. The average Bonchev–Trinajstić information content (AvgIpc) is 3.61. The zero-order valence-corrected chi connectivity index (χ0v) is 16.9. The molecule has 148 valence electrons. The van der Waals surface area contributed by atoms with Gasteiger partial charge in [0.05, 0.1) is 0 Å². The van der Waals surface area contributed by atoms with Gasteiger partial charge in [0.15, 0.2) is 0 Å². The molecule has 0 radical (unpaired) electrons. The number of hydrogen-bond acceptors (Lipinski definition) is 2. The molecule has 0 unspecified atom stereocenters. The quantitative estimate of drug-likeness (QED) is 0.611. The van der Waals surface area contributed by atoms with E-state index in [0.29, 0.717) is 18.4 Å². The SMILES string of the molecule is O=C(CCN(Cc1cccc2ccccc12)C1CC1)N1CCc2ccccc2C1. The van der Waals surface area contributed by atoms with E-state index in [1.54, 1.807) is 0 Å². The Bertz CT molecular complexity index is 1020. The van der Waals surface area contributed by atoms with Crippen molar-refractivity contribution in [3.05, 3.63) is 83.4 Å².